The van der Waals surface area contributed by atoms with Gasteiger partial charge in [0.2, 0.25) is 0 Å². The molecule has 3 aromatic rings. The number of aromatic nitrogens is 1. The number of nitrogens with zero attached hydrogens (tertiary/aromatic N) is 1. The fourth-order valence-electron chi connectivity index (χ4n) is 2.06. The molecule has 1 aromatic carbocycles. The number of methoxy groups -OCH3 is 1. The molecule has 2 heterocycles. The fourth-order valence-corrected chi connectivity index (χ4v) is 2.60. The van der Waals surface area contributed by atoms with Crippen molar-refractivity contribution in [2.45, 2.75) is 0 Å². The molecule has 0 aliphatic rings. The number of pyridine rings is 1. The summed E-state index contributed by atoms with van der Waals surface area (Å²) in [6, 6.07) is 14.5. The Bertz CT molecular complexity index is 670. The molecule has 0 aliphatic carbocycles. The van der Waals surface area contributed by atoms with Gasteiger partial charge in [0.25, 0.3) is 0 Å². The Hall–Kier alpha value is -1.74. The first-order valence-electron chi connectivity index (χ1n) is 5.68. The van der Waals surface area contributed by atoms with E-state index in [9.17, 15) is 0 Å². The van der Waals surface area contributed by atoms with Gasteiger partial charge in [-0.3, -0.25) is 0 Å². The van der Waals surface area contributed by atoms with Gasteiger partial charge in [-0.2, -0.15) is 0 Å². The molecule has 0 aliphatic heterocycles. The van der Waals surface area contributed by atoms with E-state index in [2.05, 4.69) is 57.0 Å². The first-order chi connectivity index (χ1) is 8.78. The molecule has 0 spiro atoms. The number of hydrogen-bond acceptors (Lipinski definition) is 1. The maximum Gasteiger partial charge on any atom is 0.133 e. The lowest BCUT2D eigenvalue weighted by molar-refractivity contribution is 0.412. The highest BCUT2D eigenvalue weighted by Crippen LogP contribution is 2.31. The van der Waals surface area contributed by atoms with Crippen LogP contribution in [0.2, 0.25) is 0 Å². The first kappa shape index (κ1) is 11.4. The van der Waals surface area contributed by atoms with Gasteiger partial charge in [-0.25, -0.2) is 0 Å². The fraction of sp³-hybridized carbons (Fsp3) is 0.0667. The maximum absolute atomic E-state index is 5.24. The van der Waals surface area contributed by atoms with Crippen molar-refractivity contribution in [1.29, 1.82) is 0 Å². The van der Waals surface area contributed by atoms with Crippen LogP contribution in [0.4, 0.5) is 0 Å². The zero-order chi connectivity index (χ0) is 12.5. The highest BCUT2D eigenvalue weighted by atomic mass is 79.9. The van der Waals surface area contributed by atoms with Crippen molar-refractivity contribution in [2.24, 2.45) is 0 Å². The molecular formula is C15H12BrNO. The minimum atomic E-state index is 0.850. The molecule has 0 fully saturated rings. The number of halogens is 1. The predicted octanol–water partition coefficient (Wildman–Crippen LogP) is 4.38. The maximum atomic E-state index is 5.24. The molecule has 0 unspecified atom stereocenters. The van der Waals surface area contributed by atoms with Crippen LogP contribution in [0.25, 0.3) is 16.6 Å². The van der Waals surface area contributed by atoms with E-state index in [0.29, 0.717) is 0 Å². The van der Waals surface area contributed by atoms with Gasteiger partial charge in [0, 0.05) is 23.5 Å². The molecule has 3 rings (SSSR count). The Balaban J connectivity index is 2.11. The summed E-state index contributed by atoms with van der Waals surface area (Å²) in [5.41, 5.74) is 3.57. The van der Waals surface area contributed by atoms with E-state index in [1.165, 1.54) is 16.6 Å². The van der Waals surface area contributed by atoms with Crippen molar-refractivity contribution in [1.82, 2.24) is 4.40 Å². The second-order valence-corrected chi connectivity index (χ2v) is 4.97. The number of fused-ring (bicyclic) bond motifs is 1. The quantitative estimate of drug-likeness (QED) is 0.685. The Labute approximate surface area is 114 Å². The molecular weight excluding hydrogens is 290 g/mol. The Morgan fingerprint density at radius 1 is 1.06 bits per heavy atom. The molecule has 2 nitrogen and oxygen atoms in total. The summed E-state index contributed by atoms with van der Waals surface area (Å²) < 4.78 is 8.33. The minimum Gasteiger partial charge on any atom is -0.496 e. The smallest absolute Gasteiger partial charge is 0.133 e. The predicted molar refractivity (Wildman–Crippen MR) is 77.1 cm³/mol. The Morgan fingerprint density at radius 2 is 1.94 bits per heavy atom. The van der Waals surface area contributed by atoms with Crippen LogP contribution in [0.1, 0.15) is 0 Å². The third kappa shape index (κ3) is 1.91. The average Bonchev–Trinajstić information content (AvgIpc) is 2.82. The molecule has 0 saturated heterocycles. The van der Waals surface area contributed by atoms with Crippen LogP contribution < -0.4 is 4.74 Å². The van der Waals surface area contributed by atoms with Gasteiger partial charge < -0.3 is 9.14 Å². The van der Waals surface area contributed by atoms with E-state index in [0.717, 1.165) is 10.2 Å². The van der Waals surface area contributed by atoms with Gasteiger partial charge in [0.05, 0.1) is 11.6 Å². The minimum absolute atomic E-state index is 0.850. The first-order valence-corrected chi connectivity index (χ1v) is 6.48. The highest BCUT2D eigenvalue weighted by Gasteiger charge is 2.05. The Morgan fingerprint density at radius 3 is 2.67 bits per heavy atom. The number of rotatable bonds is 2. The monoisotopic (exact) mass is 301 g/mol. The normalized spacial score (nSPS) is 10.8. The summed E-state index contributed by atoms with van der Waals surface area (Å²) in [6.45, 7) is 0. The molecule has 90 valence electrons. The molecule has 0 bridgehead atoms. The van der Waals surface area contributed by atoms with Gasteiger partial charge in [-0.15, -0.1) is 0 Å². The molecule has 18 heavy (non-hydrogen) atoms. The second-order valence-electron chi connectivity index (χ2n) is 4.11. The molecule has 0 N–H and O–H groups in total. The van der Waals surface area contributed by atoms with Gasteiger partial charge in [0.1, 0.15) is 5.75 Å². The van der Waals surface area contributed by atoms with Crippen LogP contribution in [-0.2, 0) is 0 Å². The number of benzene rings is 1. The topological polar surface area (TPSA) is 13.6 Å². The van der Waals surface area contributed by atoms with Crippen molar-refractivity contribution in [3.63, 3.8) is 0 Å². The van der Waals surface area contributed by atoms with Gasteiger partial charge in [-0.1, -0.05) is 12.1 Å². The molecule has 0 amide bonds. The largest absolute Gasteiger partial charge is 0.496 e. The molecule has 0 atom stereocenters. The highest BCUT2D eigenvalue weighted by molar-refractivity contribution is 9.10. The average molecular weight is 302 g/mol. The lowest BCUT2D eigenvalue weighted by atomic mass is 10.1. The number of hydrogen-bond donors (Lipinski definition) is 0. The number of ether oxygens (including phenoxy) is 1. The molecule has 0 radical (unpaired) electrons. The van der Waals surface area contributed by atoms with E-state index in [1.807, 2.05) is 18.2 Å². The van der Waals surface area contributed by atoms with Crippen LogP contribution in [0.5, 0.6) is 5.75 Å². The molecule has 0 saturated carbocycles. The zero-order valence-corrected chi connectivity index (χ0v) is 11.5. The van der Waals surface area contributed by atoms with E-state index in [4.69, 9.17) is 4.74 Å². The van der Waals surface area contributed by atoms with Gasteiger partial charge in [-0.05, 0) is 51.8 Å². The van der Waals surface area contributed by atoms with Crippen LogP contribution in [0, 0.1) is 0 Å². The van der Waals surface area contributed by atoms with Crippen molar-refractivity contribution < 1.29 is 4.74 Å². The molecule has 3 heteroatoms. The van der Waals surface area contributed by atoms with Crippen molar-refractivity contribution in [3.8, 4) is 16.9 Å². The summed E-state index contributed by atoms with van der Waals surface area (Å²) in [4.78, 5) is 0. The van der Waals surface area contributed by atoms with E-state index < -0.39 is 0 Å². The van der Waals surface area contributed by atoms with Crippen LogP contribution >= 0.6 is 15.9 Å². The molecule has 2 aromatic heterocycles. The van der Waals surface area contributed by atoms with Gasteiger partial charge >= 0.3 is 0 Å². The third-order valence-corrected chi connectivity index (χ3v) is 3.61. The summed E-state index contributed by atoms with van der Waals surface area (Å²) in [6.07, 6.45) is 4.18. The van der Waals surface area contributed by atoms with Crippen molar-refractivity contribution >= 4 is 21.4 Å². The van der Waals surface area contributed by atoms with Gasteiger partial charge in [0.15, 0.2) is 0 Å². The summed E-state index contributed by atoms with van der Waals surface area (Å²) >= 11 is 3.52. The lowest BCUT2D eigenvalue weighted by Gasteiger charge is -2.04. The Kier molecular flexibility index (Phi) is 2.84. The SMILES string of the molecule is COc1ccc(-c2cc3ccccn3c2)cc1Br. The standard InChI is InChI=1S/C15H12BrNO/c1-18-15-6-5-11(9-14(15)16)12-8-13-4-2-3-7-17(13)10-12/h2-10H,1H3. The lowest BCUT2D eigenvalue weighted by Crippen LogP contribution is -1.84. The van der Waals surface area contributed by atoms with Crippen LogP contribution in [0.3, 0.4) is 0 Å². The summed E-state index contributed by atoms with van der Waals surface area (Å²) in [5, 5.41) is 0. The second kappa shape index (κ2) is 4.50. The zero-order valence-electron chi connectivity index (χ0n) is 9.93. The summed E-state index contributed by atoms with van der Waals surface area (Å²) in [5.74, 6) is 0.850. The van der Waals surface area contributed by atoms with E-state index in [1.54, 1.807) is 7.11 Å². The third-order valence-electron chi connectivity index (χ3n) is 2.99. The van der Waals surface area contributed by atoms with E-state index >= 15 is 0 Å². The van der Waals surface area contributed by atoms with Crippen molar-refractivity contribution in [2.75, 3.05) is 7.11 Å². The van der Waals surface area contributed by atoms with E-state index in [-0.39, 0.29) is 0 Å². The van der Waals surface area contributed by atoms with Crippen LogP contribution in [0.15, 0.2) is 59.3 Å². The van der Waals surface area contributed by atoms with Crippen molar-refractivity contribution in [3.05, 3.63) is 59.3 Å². The van der Waals surface area contributed by atoms with Crippen LogP contribution in [-0.4, -0.2) is 11.5 Å². The summed E-state index contributed by atoms with van der Waals surface area (Å²) in [7, 11) is 1.67.